The van der Waals surface area contributed by atoms with Crippen molar-refractivity contribution in [3.8, 4) is 0 Å². The Bertz CT molecular complexity index is 841. The molecule has 29 heavy (non-hydrogen) atoms. The zero-order valence-corrected chi connectivity index (χ0v) is 17.6. The standard InChI is InChI=1S/C22H29N3O4.2H2/c1-6-13(2)18(28)19(21(3,4)5)24-20(29)23-15-9-10-22(12-14(22)11-15)25-16(26)7-8-17(25)27;;/h7-11,13-14,19H,6,12H2,1-5H3,(H2,23,24,29);2*1H. The highest BCUT2D eigenvalue weighted by molar-refractivity contribution is 6.14. The summed E-state index contributed by atoms with van der Waals surface area (Å²) < 4.78 is 0. The van der Waals surface area contributed by atoms with Gasteiger partial charge in [0.15, 0.2) is 5.78 Å². The molecule has 1 saturated carbocycles. The van der Waals surface area contributed by atoms with Crippen molar-refractivity contribution in [2.24, 2.45) is 17.3 Å². The maximum absolute atomic E-state index is 12.7. The van der Waals surface area contributed by atoms with E-state index >= 15 is 0 Å². The number of Topliss-reactive ketones (excluding diaryl/α,β-unsaturated/α-hetero) is 1. The molecule has 0 aromatic heterocycles. The summed E-state index contributed by atoms with van der Waals surface area (Å²) in [7, 11) is 0. The van der Waals surface area contributed by atoms with Crippen LogP contribution in [0.25, 0.3) is 0 Å². The summed E-state index contributed by atoms with van der Waals surface area (Å²) >= 11 is 0. The van der Waals surface area contributed by atoms with Crippen LogP contribution < -0.4 is 10.6 Å². The molecular weight excluding hydrogens is 370 g/mol. The maximum atomic E-state index is 12.7. The molecule has 3 rings (SSSR count). The van der Waals surface area contributed by atoms with E-state index in [9.17, 15) is 19.2 Å². The van der Waals surface area contributed by atoms with Crippen LogP contribution in [0.4, 0.5) is 4.79 Å². The Morgan fingerprint density at radius 3 is 2.38 bits per heavy atom. The van der Waals surface area contributed by atoms with E-state index in [1.807, 2.05) is 46.8 Å². The monoisotopic (exact) mass is 403 g/mol. The van der Waals surface area contributed by atoms with E-state index in [0.717, 1.165) is 6.42 Å². The average Bonchev–Trinajstić information content (AvgIpc) is 3.26. The highest BCUT2D eigenvalue weighted by atomic mass is 16.2. The minimum Gasteiger partial charge on any atom is -0.328 e. The molecule has 0 saturated heterocycles. The van der Waals surface area contributed by atoms with Gasteiger partial charge in [-0.15, -0.1) is 0 Å². The number of allylic oxidation sites excluding steroid dienone is 1. The van der Waals surface area contributed by atoms with Crippen LogP contribution in [0.5, 0.6) is 0 Å². The zero-order chi connectivity index (χ0) is 21.6. The summed E-state index contributed by atoms with van der Waals surface area (Å²) in [6.45, 7) is 9.60. The van der Waals surface area contributed by atoms with Crippen molar-refractivity contribution in [3.05, 3.63) is 36.1 Å². The van der Waals surface area contributed by atoms with Gasteiger partial charge in [0.25, 0.3) is 11.8 Å². The highest BCUT2D eigenvalue weighted by Gasteiger charge is 2.60. The van der Waals surface area contributed by atoms with Crippen molar-refractivity contribution in [1.82, 2.24) is 15.5 Å². The van der Waals surface area contributed by atoms with Gasteiger partial charge in [0.05, 0.1) is 11.6 Å². The van der Waals surface area contributed by atoms with Gasteiger partial charge in [-0.1, -0.05) is 46.8 Å². The molecule has 4 atom stereocenters. The molecule has 160 valence electrons. The number of urea groups is 1. The summed E-state index contributed by atoms with van der Waals surface area (Å²) in [4.78, 5) is 50.5. The molecule has 7 nitrogen and oxygen atoms in total. The Balaban J connectivity index is 0.00000240. The summed E-state index contributed by atoms with van der Waals surface area (Å²) in [5.74, 6) is -0.745. The molecule has 7 heteroatoms. The number of hydrogen-bond donors (Lipinski definition) is 2. The van der Waals surface area contributed by atoms with Gasteiger partial charge in [0.1, 0.15) is 0 Å². The van der Waals surface area contributed by atoms with Crippen molar-refractivity contribution >= 4 is 23.6 Å². The molecular formula is C22H33N3O4. The molecule has 0 radical (unpaired) electrons. The molecule has 0 aromatic rings. The smallest absolute Gasteiger partial charge is 0.319 e. The first-order chi connectivity index (χ1) is 13.5. The lowest BCUT2D eigenvalue weighted by molar-refractivity contribution is -0.139. The Hall–Kier alpha value is -2.70. The number of nitrogens with one attached hydrogen (secondary N) is 2. The summed E-state index contributed by atoms with van der Waals surface area (Å²) in [5, 5.41) is 5.61. The molecule has 4 amide bonds. The first-order valence-corrected chi connectivity index (χ1v) is 10.1. The van der Waals surface area contributed by atoms with Gasteiger partial charge in [0, 0.05) is 32.5 Å². The summed E-state index contributed by atoms with van der Waals surface area (Å²) in [5.41, 5.74) is -0.430. The van der Waals surface area contributed by atoms with Gasteiger partial charge in [-0.3, -0.25) is 19.3 Å². The second-order valence-electron chi connectivity index (χ2n) is 9.21. The van der Waals surface area contributed by atoms with Gasteiger partial charge in [-0.2, -0.15) is 0 Å². The van der Waals surface area contributed by atoms with Gasteiger partial charge in [-0.05, 0) is 24.3 Å². The average molecular weight is 404 g/mol. The SMILES string of the molecule is CCC(C)C(=O)C(NC(=O)NC1=CC2CC2(N2C(=O)C=CC2=O)C=C1)C(C)(C)C.[HH].[HH]. The molecule has 1 heterocycles. The van der Waals surface area contributed by atoms with E-state index in [0.29, 0.717) is 12.1 Å². The van der Waals surface area contributed by atoms with Gasteiger partial charge >= 0.3 is 6.03 Å². The highest BCUT2D eigenvalue weighted by Crippen LogP contribution is 2.53. The van der Waals surface area contributed by atoms with Crippen LogP contribution in [0.2, 0.25) is 0 Å². The number of fused-ring (bicyclic) bond motifs is 1. The Morgan fingerprint density at radius 2 is 1.86 bits per heavy atom. The van der Waals surface area contributed by atoms with Crippen LogP contribution in [0.1, 0.15) is 50.3 Å². The predicted molar refractivity (Wildman–Crippen MR) is 113 cm³/mol. The maximum Gasteiger partial charge on any atom is 0.319 e. The topological polar surface area (TPSA) is 95.6 Å². The van der Waals surface area contributed by atoms with Gasteiger partial charge < -0.3 is 10.6 Å². The Labute approximate surface area is 174 Å². The molecule has 2 N–H and O–H groups in total. The fraction of sp³-hybridized carbons (Fsp3) is 0.545. The van der Waals surface area contributed by atoms with E-state index in [1.165, 1.54) is 17.1 Å². The van der Waals surface area contributed by atoms with Crippen molar-refractivity contribution in [3.63, 3.8) is 0 Å². The first kappa shape index (κ1) is 21.0. The lowest BCUT2D eigenvalue weighted by atomic mass is 9.80. The number of nitrogens with zero attached hydrogens (tertiary/aromatic N) is 1. The largest absolute Gasteiger partial charge is 0.328 e. The van der Waals surface area contributed by atoms with E-state index in [1.54, 1.807) is 6.08 Å². The van der Waals surface area contributed by atoms with Gasteiger partial charge in [-0.25, -0.2) is 4.79 Å². The second kappa shape index (κ2) is 7.28. The number of amides is 4. The number of hydrogen-bond acceptors (Lipinski definition) is 4. The van der Waals surface area contributed by atoms with Crippen LogP contribution in [0.15, 0.2) is 36.1 Å². The zero-order valence-electron chi connectivity index (χ0n) is 17.6. The minimum atomic E-state index is -0.611. The normalized spacial score (nSPS) is 27.3. The van der Waals surface area contributed by atoms with Crippen LogP contribution >= 0.6 is 0 Å². The molecule has 0 bridgehead atoms. The third-order valence-corrected chi connectivity index (χ3v) is 5.97. The number of rotatable bonds is 6. The Kier molecular flexibility index (Phi) is 5.28. The van der Waals surface area contributed by atoms with Crippen LogP contribution in [0, 0.1) is 17.3 Å². The quantitative estimate of drug-likeness (QED) is 0.667. The van der Waals surface area contributed by atoms with Crippen LogP contribution in [0.3, 0.4) is 0 Å². The van der Waals surface area contributed by atoms with Crippen LogP contribution in [-0.4, -0.2) is 40.1 Å². The molecule has 0 spiro atoms. The van der Waals surface area contributed by atoms with E-state index in [-0.39, 0.29) is 32.3 Å². The van der Waals surface area contributed by atoms with Gasteiger partial charge in [0.2, 0.25) is 0 Å². The lowest BCUT2D eigenvalue weighted by Gasteiger charge is -2.32. The molecule has 1 fully saturated rings. The van der Waals surface area contributed by atoms with Crippen molar-refractivity contribution < 1.29 is 22.0 Å². The molecule has 4 unspecified atom stereocenters. The van der Waals surface area contributed by atoms with E-state index in [2.05, 4.69) is 10.6 Å². The number of carbonyl (C=O) groups is 4. The molecule has 0 aromatic carbocycles. The fourth-order valence-corrected chi connectivity index (χ4v) is 3.92. The minimum absolute atomic E-state index is 0. The second-order valence-corrected chi connectivity index (χ2v) is 9.21. The number of carbonyl (C=O) groups excluding carboxylic acids is 4. The first-order valence-electron chi connectivity index (χ1n) is 10.1. The van der Waals surface area contributed by atoms with Crippen molar-refractivity contribution in [2.45, 2.75) is 59.0 Å². The van der Waals surface area contributed by atoms with E-state index in [4.69, 9.17) is 0 Å². The third-order valence-electron chi connectivity index (χ3n) is 5.97. The van der Waals surface area contributed by atoms with Crippen molar-refractivity contribution in [2.75, 3.05) is 0 Å². The summed E-state index contributed by atoms with van der Waals surface area (Å²) in [6.07, 6.45) is 9.31. The fourth-order valence-electron chi connectivity index (χ4n) is 3.92. The van der Waals surface area contributed by atoms with E-state index < -0.39 is 23.0 Å². The van der Waals surface area contributed by atoms with Crippen molar-refractivity contribution in [1.29, 1.82) is 0 Å². The predicted octanol–water partition coefficient (Wildman–Crippen LogP) is 2.94. The Morgan fingerprint density at radius 1 is 1.24 bits per heavy atom. The lowest BCUT2D eigenvalue weighted by Crippen LogP contribution is -2.53. The molecule has 1 aliphatic heterocycles. The third kappa shape index (κ3) is 3.91. The molecule has 3 aliphatic rings. The summed E-state index contributed by atoms with van der Waals surface area (Å²) in [6, 6.07) is -1.04. The van der Waals surface area contributed by atoms with Crippen LogP contribution in [-0.2, 0) is 14.4 Å². The number of ketones is 1. The number of imide groups is 1. The molecule has 2 aliphatic carbocycles.